The summed E-state index contributed by atoms with van der Waals surface area (Å²) in [5.74, 6) is 0.386. The van der Waals surface area contributed by atoms with Crippen molar-refractivity contribution in [3.8, 4) is 5.75 Å². The summed E-state index contributed by atoms with van der Waals surface area (Å²) in [7, 11) is 0. The predicted molar refractivity (Wildman–Crippen MR) is 95.9 cm³/mol. The fourth-order valence-electron chi connectivity index (χ4n) is 3.17. The van der Waals surface area contributed by atoms with Crippen molar-refractivity contribution >= 4 is 22.6 Å². The lowest BCUT2D eigenvalue weighted by atomic mass is 10.1. The van der Waals surface area contributed by atoms with Gasteiger partial charge in [-0.1, -0.05) is 48.5 Å². The molecule has 0 saturated heterocycles. The predicted octanol–water partition coefficient (Wildman–Crippen LogP) is 3.90. The van der Waals surface area contributed by atoms with Crippen molar-refractivity contribution in [3.05, 3.63) is 77.9 Å². The number of hydrogen-bond acceptors (Lipinski definition) is 3. The van der Waals surface area contributed by atoms with E-state index in [-0.39, 0.29) is 11.8 Å². The maximum absolute atomic E-state index is 12.3. The normalized spacial score (nSPS) is 13.4. The van der Waals surface area contributed by atoms with Gasteiger partial charge in [-0.3, -0.25) is 14.5 Å². The lowest BCUT2D eigenvalue weighted by Gasteiger charge is -2.14. The number of rotatable bonds is 5. The van der Waals surface area contributed by atoms with E-state index in [1.165, 1.54) is 4.90 Å². The first-order valence-corrected chi connectivity index (χ1v) is 8.31. The molecular formula is C21H17NO3. The van der Waals surface area contributed by atoms with Crippen LogP contribution in [0.4, 0.5) is 0 Å². The minimum Gasteiger partial charge on any atom is -0.493 e. The average Bonchev–Trinajstić information content (AvgIpc) is 2.90. The Labute approximate surface area is 145 Å². The zero-order chi connectivity index (χ0) is 17.2. The molecule has 2 amide bonds. The van der Waals surface area contributed by atoms with Gasteiger partial charge in [-0.15, -0.1) is 0 Å². The molecule has 3 aromatic rings. The Morgan fingerprint density at radius 2 is 1.40 bits per heavy atom. The first-order valence-electron chi connectivity index (χ1n) is 8.31. The Balaban J connectivity index is 1.39. The second-order valence-electron chi connectivity index (χ2n) is 5.99. The molecule has 0 aromatic heterocycles. The molecular weight excluding hydrogens is 314 g/mol. The second-order valence-corrected chi connectivity index (χ2v) is 5.99. The number of imide groups is 1. The van der Waals surface area contributed by atoms with Gasteiger partial charge in [-0.05, 0) is 30.0 Å². The smallest absolute Gasteiger partial charge is 0.261 e. The molecule has 4 heteroatoms. The van der Waals surface area contributed by atoms with Crippen LogP contribution in [0.2, 0.25) is 0 Å². The van der Waals surface area contributed by atoms with Gasteiger partial charge in [0, 0.05) is 11.9 Å². The van der Waals surface area contributed by atoms with Crippen molar-refractivity contribution in [1.82, 2.24) is 4.90 Å². The standard InChI is InChI=1S/C21H17NO3/c23-20-17-10-3-4-11-18(17)21(24)22(20)13-6-14-25-19-12-5-8-15-7-1-2-9-16(15)19/h1-5,7-12H,6,13-14H2. The van der Waals surface area contributed by atoms with Crippen molar-refractivity contribution < 1.29 is 14.3 Å². The van der Waals surface area contributed by atoms with Crippen LogP contribution in [0.5, 0.6) is 5.75 Å². The highest BCUT2D eigenvalue weighted by Gasteiger charge is 2.34. The van der Waals surface area contributed by atoms with Crippen LogP contribution in [0.3, 0.4) is 0 Å². The molecule has 0 radical (unpaired) electrons. The van der Waals surface area contributed by atoms with Gasteiger partial charge in [0.15, 0.2) is 0 Å². The van der Waals surface area contributed by atoms with Crippen molar-refractivity contribution in [2.45, 2.75) is 6.42 Å². The average molecular weight is 331 g/mol. The number of fused-ring (bicyclic) bond motifs is 2. The number of amides is 2. The van der Waals surface area contributed by atoms with E-state index in [1.807, 2.05) is 42.5 Å². The van der Waals surface area contributed by atoms with Gasteiger partial charge >= 0.3 is 0 Å². The zero-order valence-electron chi connectivity index (χ0n) is 13.6. The van der Waals surface area contributed by atoms with Gasteiger partial charge in [-0.2, -0.15) is 0 Å². The lowest BCUT2D eigenvalue weighted by molar-refractivity contribution is 0.0647. The van der Waals surface area contributed by atoms with E-state index in [0.29, 0.717) is 30.7 Å². The Morgan fingerprint density at radius 3 is 2.16 bits per heavy atom. The van der Waals surface area contributed by atoms with Crippen molar-refractivity contribution in [2.75, 3.05) is 13.2 Å². The number of nitrogens with zero attached hydrogens (tertiary/aromatic N) is 1. The van der Waals surface area contributed by atoms with Gasteiger partial charge in [0.25, 0.3) is 11.8 Å². The molecule has 25 heavy (non-hydrogen) atoms. The maximum Gasteiger partial charge on any atom is 0.261 e. The Bertz CT molecular complexity index is 924. The zero-order valence-corrected chi connectivity index (χ0v) is 13.6. The summed E-state index contributed by atoms with van der Waals surface area (Å²) < 4.78 is 5.88. The summed E-state index contributed by atoms with van der Waals surface area (Å²) in [5, 5.41) is 2.19. The Morgan fingerprint density at radius 1 is 0.760 bits per heavy atom. The van der Waals surface area contributed by atoms with Gasteiger partial charge in [0.2, 0.25) is 0 Å². The van der Waals surface area contributed by atoms with Gasteiger partial charge in [0.1, 0.15) is 5.75 Å². The third-order valence-electron chi connectivity index (χ3n) is 4.41. The molecule has 0 unspecified atom stereocenters. The topological polar surface area (TPSA) is 46.6 Å². The number of carbonyl (C=O) groups excluding carboxylic acids is 2. The minimum absolute atomic E-state index is 0.217. The molecule has 0 atom stereocenters. The summed E-state index contributed by atoms with van der Waals surface area (Å²) in [4.78, 5) is 25.9. The highest BCUT2D eigenvalue weighted by atomic mass is 16.5. The van der Waals surface area contributed by atoms with Crippen LogP contribution in [-0.2, 0) is 0 Å². The lowest BCUT2D eigenvalue weighted by Crippen LogP contribution is -2.31. The SMILES string of the molecule is O=C1c2ccccc2C(=O)N1CCCOc1cccc2ccccc12. The maximum atomic E-state index is 12.3. The molecule has 1 aliphatic heterocycles. The van der Waals surface area contributed by atoms with Crippen LogP contribution in [0.15, 0.2) is 66.7 Å². The quantitative estimate of drug-likeness (QED) is 0.526. The summed E-state index contributed by atoms with van der Waals surface area (Å²) in [5.41, 5.74) is 0.977. The van der Waals surface area contributed by atoms with E-state index >= 15 is 0 Å². The summed E-state index contributed by atoms with van der Waals surface area (Å²) >= 11 is 0. The van der Waals surface area contributed by atoms with E-state index in [0.717, 1.165) is 16.5 Å². The molecule has 0 bridgehead atoms. The summed E-state index contributed by atoms with van der Waals surface area (Å²) in [6.45, 7) is 0.804. The molecule has 0 fully saturated rings. The number of hydrogen-bond donors (Lipinski definition) is 0. The summed E-state index contributed by atoms with van der Waals surface area (Å²) in [6.07, 6.45) is 0.592. The molecule has 0 aliphatic carbocycles. The molecule has 0 spiro atoms. The highest BCUT2D eigenvalue weighted by molar-refractivity contribution is 6.21. The Hall–Kier alpha value is -3.14. The number of ether oxygens (including phenoxy) is 1. The number of benzene rings is 3. The fraction of sp³-hybridized carbons (Fsp3) is 0.143. The van der Waals surface area contributed by atoms with E-state index in [4.69, 9.17) is 4.74 Å². The molecule has 0 saturated carbocycles. The van der Waals surface area contributed by atoms with Gasteiger partial charge in [-0.25, -0.2) is 0 Å². The van der Waals surface area contributed by atoms with Gasteiger partial charge < -0.3 is 4.74 Å². The van der Waals surface area contributed by atoms with Crippen molar-refractivity contribution in [3.63, 3.8) is 0 Å². The van der Waals surface area contributed by atoms with E-state index in [2.05, 4.69) is 0 Å². The molecule has 0 N–H and O–H groups in total. The number of carbonyl (C=O) groups is 2. The third-order valence-corrected chi connectivity index (χ3v) is 4.41. The molecule has 4 rings (SSSR count). The molecule has 4 nitrogen and oxygen atoms in total. The van der Waals surface area contributed by atoms with Crippen molar-refractivity contribution in [2.24, 2.45) is 0 Å². The molecule has 1 aliphatic rings. The Kier molecular flexibility index (Phi) is 3.94. The monoisotopic (exact) mass is 331 g/mol. The van der Waals surface area contributed by atoms with Crippen molar-refractivity contribution in [1.29, 1.82) is 0 Å². The van der Waals surface area contributed by atoms with E-state index in [1.54, 1.807) is 24.3 Å². The van der Waals surface area contributed by atoms with Crippen LogP contribution >= 0.6 is 0 Å². The first-order chi connectivity index (χ1) is 12.3. The second kappa shape index (κ2) is 6.40. The van der Waals surface area contributed by atoms with E-state index < -0.39 is 0 Å². The highest BCUT2D eigenvalue weighted by Crippen LogP contribution is 2.26. The molecule has 124 valence electrons. The third kappa shape index (κ3) is 2.76. The summed E-state index contributed by atoms with van der Waals surface area (Å²) in [6, 6.07) is 20.9. The van der Waals surface area contributed by atoms with Crippen LogP contribution < -0.4 is 4.74 Å². The molecule has 3 aromatic carbocycles. The largest absolute Gasteiger partial charge is 0.493 e. The van der Waals surface area contributed by atoms with Crippen LogP contribution in [0, 0.1) is 0 Å². The van der Waals surface area contributed by atoms with Crippen LogP contribution in [0.1, 0.15) is 27.1 Å². The van der Waals surface area contributed by atoms with Crippen LogP contribution in [-0.4, -0.2) is 29.9 Å². The van der Waals surface area contributed by atoms with E-state index in [9.17, 15) is 9.59 Å². The molecule has 1 heterocycles. The van der Waals surface area contributed by atoms with Gasteiger partial charge in [0.05, 0.1) is 17.7 Å². The minimum atomic E-state index is -0.217. The van der Waals surface area contributed by atoms with Crippen LogP contribution in [0.25, 0.3) is 10.8 Å². The fourth-order valence-corrected chi connectivity index (χ4v) is 3.17. The first kappa shape index (κ1) is 15.4.